The van der Waals surface area contributed by atoms with Crippen molar-refractivity contribution >= 4 is 55.9 Å². The average Bonchev–Trinajstić information content (AvgIpc) is 3.49. The molecule has 0 aliphatic rings. The van der Waals surface area contributed by atoms with Gasteiger partial charge < -0.3 is 14.8 Å². The minimum Gasteiger partial charge on any atom is -0.483 e. The number of halogens is 1. The number of carbonyl (C=O) groups is 2. The summed E-state index contributed by atoms with van der Waals surface area (Å²) < 4.78 is 13.9. The van der Waals surface area contributed by atoms with Crippen molar-refractivity contribution in [2.45, 2.75) is 31.7 Å². The van der Waals surface area contributed by atoms with Crippen molar-refractivity contribution in [3.63, 3.8) is 0 Å². The van der Waals surface area contributed by atoms with Crippen LogP contribution in [0.5, 0.6) is 5.75 Å². The highest BCUT2D eigenvalue weighted by atomic mass is 79.9. The Kier molecular flexibility index (Phi) is 9.60. The lowest BCUT2D eigenvalue weighted by Gasteiger charge is -2.15. The molecule has 11 heteroatoms. The molecule has 1 unspecified atom stereocenters. The van der Waals surface area contributed by atoms with Gasteiger partial charge in [0.05, 0.1) is 12.9 Å². The summed E-state index contributed by atoms with van der Waals surface area (Å²) in [6, 6.07) is 17.1. The van der Waals surface area contributed by atoms with Crippen LogP contribution in [0.4, 0.5) is 5.00 Å². The van der Waals surface area contributed by atoms with Gasteiger partial charge in [-0.15, -0.1) is 28.1 Å². The van der Waals surface area contributed by atoms with Crippen LogP contribution in [-0.4, -0.2) is 39.5 Å². The molecule has 1 N–H and O–H groups in total. The summed E-state index contributed by atoms with van der Waals surface area (Å²) in [6.07, 6.45) is 1.36. The van der Waals surface area contributed by atoms with Crippen LogP contribution in [-0.2, 0) is 16.1 Å². The highest BCUT2D eigenvalue weighted by molar-refractivity contribution is 9.10. The summed E-state index contributed by atoms with van der Waals surface area (Å²) in [6.45, 7) is 8.10. The van der Waals surface area contributed by atoms with E-state index < -0.39 is 5.97 Å². The number of allylic oxidation sites excluding steroid dienone is 1. The fourth-order valence-electron chi connectivity index (χ4n) is 3.95. The number of hydrogen-bond acceptors (Lipinski definition) is 8. The molecular weight excluding hydrogens is 600 g/mol. The normalized spacial score (nSPS) is 11.6. The van der Waals surface area contributed by atoms with Gasteiger partial charge in [-0.3, -0.25) is 9.36 Å². The van der Waals surface area contributed by atoms with Crippen molar-refractivity contribution in [1.29, 1.82) is 0 Å². The molecule has 0 radical (unpaired) electrons. The molecule has 0 saturated heterocycles. The number of aryl methyl sites for hydroxylation is 1. The molecule has 1 amide bonds. The van der Waals surface area contributed by atoms with Crippen LogP contribution < -0.4 is 10.1 Å². The van der Waals surface area contributed by atoms with Crippen LogP contribution in [0.1, 0.15) is 34.1 Å². The highest BCUT2D eigenvalue weighted by Gasteiger charge is 2.25. The molecular formula is C28H27BrN4O4S2. The molecule has 0 spiro atoms. The second kappa shape index (κ2) is 13.1. The Morgan fingerprint density at radius 2 is 1.90 bits per heavy atom. The smallest absolute Gasteiger partial charge is 0.341 e. The Morgan fingerprint density at radius 1 is 1.18 bits per heavy atom. The first-order valence-electron chi connectivity index (χ1n) is 12.0. The molecule has 4 aromatic rings. The summed E-state index contributed by atoms with van der Waals surface area (Å²) in [4.78, 5) is 26.6. The molecule has 8 nitrogen and oxygen atoms in total. The lowest BCUT2D eigenvalue weighted by atomic mass is 10.0. The Hall–Kier alpha value is -3.41. The van der Waals surface area contributed by atoms with Gasteiger partial charge in [0, 0.05) is 21.5 Å². The number of amides is 1. The number of nitrogens with zero attached hydrogens (tertiary/aromatic N) is 3. The molecule has 0 fully saturated rings. The van der Waals surface area contributed by atoms with Crippen LogP contribution in [0.3, 0.4) is 0 Å². The number of anilines is 1. The largest absolute Gasteiger partial charge is 0.483 e. The third-order valence-corrected chi connectivity index (χ3v) is 8.18. The topological polar surface area (TPSA) is 95.3 Å². The van der Waals surface area contributed by atoms with Gasteiger partial charge in [-0.2, -0.15) is 0 Å². The van der Waals surface area contributed by atoms with E-state index in [0.717, 1.165) is 20.5 Å². The van der Waals surface area contributed by atoms with Crippen LogP contribution in [0, 0.1) is 6.92 Å². The van der Waals surface area contributed by atoms with E-state index in [4.69, 9.17) is 9.47 Å². The molecule has 0 aliphatic carbocycles. The lowest BCUT2D eigenvalue weighted by Crippen LogP contribution is -2.17. The minimum absolute atomic E-state index is 0.0649. The molecule has 39 heavy (non-hydrogen) atoms. The van der Waals surface area contributed by atoms with E-state index in [-0.39, 0.29) is 17.8 Å². The molecule has 0 aliphatic heterocycles. The third-order valence-electron chi connectivity index (χ3n) is 5.67. The summed E-state index contributed by atoms with van der Waals surface area (Å²) in [7, 11) is 1.33. The molecule has 1 atom stereocenters. The SMILES string of the molecule is C=CCn1c(SCC(=O)Nc2sc(C)c(-c3ccccc3)c2C(=O)OC)nnc1C(C)Oc1ccc(Br)cc1. The van der Waals surface area contributed by atoms with E-state index in [1.165, 1.54) is 30.2 Å². The number of hydrogen-bond donors (Lipinski definition) is 1. The standard InChI is InChI=1S/C28H27BrN4O4S2/c1-5-15-33-25(17(2)37-21-13-11-20(29)12-14-21)31-32-28(33)38-16-22(34)30-26-24(27(35)36-4)23(18(3)39-26)19-9-7-6-8-10-19/h5-14,17H,1,15-16H2,2-4H3,(H,30,34). The summed E-state index contributed by atoms with van der Waals surface area (Å²) >= 11 is 6.01. The van der Waals surface area contributed by atoms with Gasteiger partial charge in [0.25, 0.3) is 0 Å². The minimum atomic E-state index is -0.503. The first kappa shape index (κ1) is 28.6. The third kappa shape index (κ3) is 6.78. The number of ether oxygens (including phenoxy) is 2. The van der Waals surface area contributed by atoms with Crippen molar-refractivity contribution in [3.8, 4) is 16.9 Å². The zero-order valence-electron chi connectivity index (χ0n) is 21.6. The number of nitrogens with one attached hydrogen (secondary N) is 1. The van der Waals surface area contributed by atoms with E-state index in [0.29, 0.717) is 33.8 Å². The monoisotopic (exact) mass is 626 g/mol. The maximum absolute atomic E-state index is 13.0. The molecule has 0 saturated carbocycles. The van der Waals surface area contributed by atoms with E-state index in [9.17, 15) is 9.59 Å². The van der Waals surface area contributed by atoms with Crippen molar-refractivity contribution < 1.29 is 19.1 Å². The van der Waals surface area contributed by atoms with Crippen LogP contribution in [0.25, 0.3) is 11.1 Å². The van der Waals surface area contributed by atoms with Crippen LogP contribution >= 0.6 is 39.0 Å². The first-order chi connectivity index (χ1) is 18.8. The average molecular weight is 628 g/mol. The Labute approximate surface area is 243 Å². The maximum Gasteiger partial charge on any atom is 0.341 e. The lowest BCUT2D eigenvalue weighted by molar-refractivity contribution is -0.113. The van der Waals surface area contributed by atoms with Crippen molar-refractivity contribution in [2.75, 3.05) is 18.2 Å². The number of methoxy groups -OCH3 is 1. The molecule has 2 aromatic carbocycles. The van der Waals surface area contributed by atoms with Gasteiger partial charge in [-0.1, -0.05) is 64.1 Å². The number of aromatic nitrogens is 3. The highest BCUT2D eigenvalue weighted by Crippen LogP contribution is 2.40. The second-order valence-corrected chi connectivity index (χ2v) is 11.5. The molecule has 2 heterocycles. The Balaban J connectivity index is 1.49. The molecule has 0 bridgehead atoms. The van der Waals surface area contributed by atoms with Gasteiger partial charge in [0.1, 0.15) is 16.3 Å². The van der Waals surface area contributed by atoms with E-state index in [1.54, 1.807) is 6.08 Å². The van der Waals surface area contributed by atoms with Crippen molar-refractivity contribution in [2.24, 2.45) is 0 Å². The summed E-state index contributed by atoms with van der Waals surface area (Å²) in [5, 5.41) is 12.5. The number of benzene rings is 2. The van der Waals surface area contributed by atoms with Gasteiger partial charge in [-0.05, 0) is 43.7 Å². The number of thioether (sulfide) groups is 1. The fourth-order valence-corrected chi connectivity index (χ4v) is 6.05. The molecule has 2 aromatic heterocycles. The summed E-state index contributed by atoms with van der Waals surface area (Å²) in [5.74, 6) is 0.608. The predicted molar refractivity (Wildman–Crippen MR) is 159 cm³/mol. The maximum atomic E-state index is 13.0. The Morgan fingerprint density at radius 3 is 2.56 bits per heavy atom. The van der Waals surface area contributed by atoms with Gasteiger partial charge in [0.15, 0.2) is 17.1 Å². The molecule has 202 valence electrons. The van der Waals surface area contributed by atoms with Crippen molar-refractivity contribution in [3.05, 3.63) is 88.0 Å². The zero-order valence-corrected chi connectivity index (χ0v) is 24.9. The van der Waals surface area contributed by atoms with Gasteiger partial charge in [0.2, 0.25) is 5.91 Å². The fraction of sp³-hybridized carbons (Fsp3) is 0.214. The van der Waals surface area contributed by atoms with Crippen molar-refractivity contribution in [1.82, 2.24) is 14.8 Å². The van der Waals surface area contributed by atoms with E-state index >= 15 is 0 Å². The number of carbonyl (C=O) groups excluding carboxylic acids is 2. The number of thiophene rings is 1. The first-order valence-corrected chi connectivity index (χ1v) is 14.6. The quantitative estimate of drug-likeness (QED) is 0.110. The predicted octanol–water partition coefficient (Wildman–Crippen LogP) is 6.92. The number of rotatable bonds is 11. The van der Waals surface area contributed by atoms with Crippen LogP contribution in [0.2, 0.25) is 0 Å². The second-order valence-electron chi connectivity index (χ2n) is 8.39. The summed E-state index contributed by atoms with van der Waals surface area (Å²) in [5.41, 5.74) is 1.98. The Bertz CT molecular complexity index is 1470. The van der Waals surface area contributed by atoms with Gasteiger partial charge in [-0.25, -0.2) is 4.79 Å². The number of esters is 1. The van der Waals surface area contributed by atoms with Crippen LogP contribution in [0.15, 0.2) is 76.9 Å². The van der Waals surface area contributed by atoms with E-state index in [2.05, 4.69) is 38.0 Å². The van der Waals surface area contributed by atoms with E-state index in [1.807, 2.05) is 73.0 Å². The zero-order chi connectivity index (χ0) is 27.9. The molecule has 4 rings (SSSR count). The van der Waals surface area contributed by atoms with Gasteiger partial charge >= 0.3 is 5.97 Å².